The Morgan fingerprint density at radius 2 is 1.96 bits per heavy atom. The van der Waals surface area contributed by atoms with Crippen molar-refractivity contribution in [1.29, 1.82) is 5.26 Å². The zero-order valence-electron chi connectivity index (χ0n) is 13.7. The topological polar surface area (TPSA) is 60.2 Å². The SMILES string of the molecule is CCNC(=NCc1cc(C#N)ccc1F)NCCc1ccccc1. The fourth-order valence-corrected chi connectivity index (χ4v) is 2.24. The van der Waals surface area contributed by atoms with Gasteiger partial charge in [-0.3, -0.25) is 0 Å². The molecule has 0 radical (unpaired) electrons. The van der Waals surface area contributed by atoms with Gasteiger partial charge in [0.1, 0.15) is 5.82 Å². The molecule has 0 bridgehead atoms. The largest absolute Gasteiger partial charge is 0.357 e. The maximum atomic E-state index is 13.8. The van der Waals surface area contributed by atoms with Crippen molar-refractivity contribution < 1.29 is 4.39 Å². The molecule has 124 valence electrons. The van der Waals surface area contributed by atoms with Crippen LogP contribution in [0.4, 0.5) is 4.39 Å². The Labute approximate surface area is 142 Å². The number of nitriles is 1. The lowest BCUT2D eigenvalue weighted by atomic mass is 10.1. The highest BCUT2D eigenvalue weighted by Gasteiger charge is 2.04. The van der Waals surface area contributed by atoms with Crippen LogP contribution in [0.2, 0.25) is 0 Å². The molecule has 0 amide bonds. The Bertz CT molecular complexity index is 720. The van der Waals surface area contributed by atoms with E-state index in [0.717, 1.165) is 19.5 Å². The Morgan fingerprint density at radius 1 is 1.17 bits per heavy atom. The van der Waals surface area contributed by atoms with E-state index in [1.807, 2.05) is 31.2 Å². The van der Waals surface area contributed by atoms with Crippen LogP contribution in [-0.2, 0) is 13.0 Å². The summed E-state index contributed by atoms with van der Waals surface area (Å²) in [7, 11) is 0. The van der Waals surface area contributed by atoms with Gasteiger partial charge in [-0.2, -0.15) is 5.26 Å². The first kappa shape index (κ1) is 17.5. The van der Waals surface area contributed by atoms with Crippen LogP contribution in [0.5, 0.6) is 0 Å². The standard InChI is InChI=1S/C19H21FN4/c1-2-22-19(23-11-10-15-6-4-3-5-7-15)24-14-17-12-16(13-21)8-9-18(17)20/h3-9,12H,2,10-11,14H2,1H3,(H2,22,23,24). The molecule has 0 aliphatic heterocycles. The third-order valence-electron chi connectivity index (χ3n) is 3.48. The summed E-state index contributed by atoms with van der Waals surface area (Å²) in [5.74, 6) is 0.285. The van der Waals surface area contributed by atoms with E-state index in [4.69, 9.17) is 5.26 Å². The molecule has 0 aliphatic carbocycles. The zero-order chi connectivity index (χ0) is 17.2. The van der Waals surface area contributed by atoms with E-state index in [1.165, 1.54) is 23.8 Å². The van der Waals surface area contributed by atoms with Gasteiger partial charge in [-0.25, -0.2) is 9.38 Å². The molecule has 0 spiro atoms. The second kappa shape index (κ2) is 9.31. The van der Waals surface area contributed by atoms with E-state index in [2.05, 4.69) is 27.8 Å². The number of guanidine groups is 1. The number of halogens is 1. The van der Waals surface area contributed by atoms with Crippen LogP contribution in [0.25, 0.3) is 0 Å². The monoisotopic (exact) mass is 324 g/mol. The average Bonchev–Trinajstić information content (AvgIpc) is 2.61. The molecular weight excluding hydrogens is 303 g/mol. The van der Waals surface area contributed by atoms with Crippen LogP contribution in [0.1, 0.15) is 23.6 Å². The number of nitrogens with one attached hydrogen (secondary N) is 2. The Morgan fingerprint density at radius 3 is 2.67 bits per heavy atom. The summed E-state index contributed by atoms with van der Waals surface area (Å²) < 4.78 is 13.8. The Balaban J connectivity index is 1.96. The minimum absolute atomic E-state index is 0.183. The van der Waals surface area contributed by atoms with Crippen LogP contribution in [0, 0.1) is 17.1 Å². The molecule has 0 saturated heterocycles. The molecule has 2 N–H and O–H groups in total. The van der Waals surface area contributed by atoms with Crippen molar-refractivity contribution in [3.05, 3.63) is 71.0 Å². The molecule has 0 atom stereocenters. The lowest BCUT2D eigenvalue weighted by Gasteiger charge is -2.11. The van der Waals surface area contributed by atoms with Gasteiger partial charge >= 0.3 is 0 Å². The van der Waals surface area contributed by atoms with Crippen molar-refractivity contribution in [2.24, 2.45) is 4.99 Å². The summed E-state index contributed by atoms with van der Waals surface area (Å²) in [4.78, 5) is 4.40. The number of rotatable bonds is 6. The molecule has 2 aromatic carbocycles. The van der Waals surface area contributed by atoms with Crippen LogP contribution < -0.4 is 10.6 Å². The molecular formula is C19H21FN4. The second-order valence-corrected chi connectivity index (χ2v) is 5.28. The van der Waals surface area contributed by atoms with Gasteiger partial charge in [-0.05, 0) is 37.1 Å². The van der Waals surface area contributed by atoms with Gasteiger partial charge in [-0.15, -0.1) is 0 Å². The van der Waals surface area contributed by atoms with Gasteiger partial charge in [-0.1, -0.05) is 30.3 Å². The molecule has 0 saturated carbocycles. The molecule has 0 fully saturated rings. The molecule has 5 heteroatoms. The maximum Gasteiger partial charge on any atom is 0.191 e. The quantitative estimate of drug-likeness (QED) is 0.634. The molecule has 24 heavy (non-hydrogen) atoms. The fourth-order valence-electron chi connectivity index (χ4n) is 2.24. The van der Waals surface area contributed by atoms with E-state index in [1.54, 1.807) is 0 Å². The van der Waals surface area contributed by atoms with Gasteiger partial charge in [0, 0.05) is 18.7 Å². The number of aliphatic imine (C=N–C) groups is 1. The first-order chi connectivity index (χ1) is 11.7. The van der Waals surface area contributed by atoms with E-state index in [9.17, 15) is 4.39 Å². The number of benzene rings is 2. The predicted octanol–water partition coefficient (Wildman–Crippen LogP) is 3.00. The zero-order valence-corrected chi connectivity index (χ0v) is 13.7. The smallest absolute Gasteiger partial charge is 0.191 e. The first-order valence-electron chi connectivity index (χ1n) is 7.97. The number of hydrogen-bond acceptors (Lipinski definition) is 2. The summed E-state index contributed by atoms with van der Waals surface area (Å²) in [5.41, 5.74) is 2.09. The average molecular weight is 324 g/mol. The summed E-state index contributed by atoms with van der Waals surface area (Å²) in [6.07, 6.45) is 0.879. The molecule has 4 nitrogen and oxygen atoms in total. The van der Waals surface area contributed by atoms with Crippen molar-refractivity contribution in [1.82, 2.24) is 10.6 Å². The fraction of sp³-hybridized carbons (Fsp3) is 0.263. The molecule has 0 heterocycles. The van der Waals surface area contributed by atoms with Crippen molar-refractivity contribution in [3.63, 3.8) is 0 Å². The van der Waals surface area contributed by atoms with Gasteiger partial charge in [0.2, 0.25) is 0 Å². The van der Waals surface area contributed by atoms with Gasteiger partial charge in [0.25, 0.3) is 0 Å². The van der Waals surface area contributed by atoms with Crippen molar-refractivity contribution in [3.8, 4) is 6.07 Å². The molecule has 0 unspecified atom stereocenters. The highest BCUT2D eigenvalue weighted by Crippen LogP contribution is 2.11. The van der Waals surface area contributed by atoms with Gasteiger partial charge < -0.3 is 10.6 Å². The van der Waals surface area contributed by atoms with E-state index in [0.29, 0.717) is 17.1 Å². The van der Waals surface area contributed by atoms with Crippen molar-refractivity contribution >= 4 is 5.96 Å². The van der Waals surface area contributed by atoms with Crippen LogP contribution >= 0.6 is 0 Å². The van der Waals surface area contributed by atoms with E-state index >= 15 is 0 Å². The third kappa shape index (κ3) is 5.40. The van der Waals surface area contributed by atoms with Crippen LogP contribution in [-0.4, -0.2) is 19.0 Å². The van der Waals surface area contributed by atoms with E-state index < -0.39 is 0 Å². The Kier molecular flexibility index (Phi) is 6.78. The van der Waals surface area contributed by atoms with E-state index in [-0.39, 0.29) is 12.4 Å². The Hall–Kier alpha value is -2.87. The second-order valence-electron chi connectivity index (χ2n) is 5.28. The number of nitrogens with zero attached hydrogens (tertiary/aromatic N) is 2. The van der Waals surface area contributed by atoms with Crippen molar-refractivity contribution in [2.45, 2.75) is 19.9 Å². The van der Waals surface area contributed by atoms with Crippen LogP contribution in [0.3, 0.4) is 0 Å². The van der Waals surface area contributed by atoms with Gasteiger partial charge in [0.15, 0.2) is 5.96 Å². The third-order valence-corrected chi connectivity index (χ3v) is 3.48. The normalized spacial score (nSPS) is 11.0. The minimum Gasteiger partial charge on any atom is -0.357 e. The van der Waals surface area contributed by atoms with Crippen molar-refractivity contribution in [2.75, 3.05) is 13.1 Å². The summed E-state index contributed by atoms with van der Waals surface area (Å²) in [6, 6.07) is 16.5. The predicted molar refractivity (Wildman–Crippen MR) is 94.1 cm³/mol. The highest BCUT2D eigenvalue weighted by atomic mass is 19.1. The molecule has 0 aliphatic rings. The first-order valence-corrected chi connectivity index (χ1v) is 7.97. The number of hydrogen-bond donors (Lipinski definition) is 2. The minimum atomic E-state index is -0.349. The summed E-state index contributed by atoms with van der Waals surface area (Å²) >= 11 is 0. The highest BCUT2D eigenvalue weighted by molar-refractivity contribution is 5.79. The molecule has 2 rings (SSSR count). The lowest BCUT2D eigenvalue weighted by Crippen LogP contribution is -2.38. The lowest BCUT2D eigenvalue weighted by molar-refractivity contribution is 0.610. The maximum absolute atomic E-state index is 13.8. The molecule has 2 aromatic rings. The molecule has 0 aromatic heterocycles. The summed E-state index contributed by atoms with van der Waals surface area (Å²) in [5, 5.41) is 15.3. The van der Waals surface area contributed by atoms with Crippen LogP contribution in [0.15, 0.2) is 53.5 Å². The summed E-state index contributed by atoms with van der Waals surface area (Å²) in [6.45, 7) is 3.61. The van der Waals surface area contributed by atoms with Gasteiger partial charge in [0.05, 0.1) is 18.2 Å².